The summed E-state index contributed by atoms with van der Waals surface area (Å²) >= 11 is 0. The molecule has 7 nitrogen and oxygen atoms in total. The molecule has 0 aliphatic carbocycles. The molecule has 0 fully saturated rings. The van der Waals surface area contributed by atoms with Crippen LogP contribution in [0, 0.1) is 5.92 Å². The van der Waals surface area contributed by atoms with Crippen molar-refractivity contribution in [3.05, 3.63) is 59.8 Å². The number of methoxy groups -OCH3 is 1. The summed E-state index contributed by atoms with van der Waals surface area (Å²) in [6, 6.07) is 14.7. The molecule has 1 aliphatic heterocycles. The van der Waals surface area contributed by atoms with Gasteiger partial charge in [-0.1, -0.05) is 39.0 Å². The lowest BCUT2D eigenvalue weighted by Gasteiger charge is -2.15. The van der Waals surface area contributed by atoms with E-state index in [4.69, 9.17) is 14.2 Å². The van der Waals surface area contributed by atoms with Gasteiger partial charge in [-0.25, -0.2) is 0 Å². The molecule has 0 radical (unpaired) electrons. The first-order chi connectivity index (χ1) is 16.4. The summed E-state index contributed by atoms with van der Waals surface area (Å²) in [7, 11) is 1.60. The van der Waals surface area contributed by atoms with Crippen molar-refractivity contribution in [1.29, 1.82) is 0 Å². The van der Waals surface area contributed by atoms with Crippen LogP contribution in [0.25, 0.3) is 5.57 Å². The lowest BCUT2D eigenvalue weighted by atomic mass is 10.0. The molecule has 7 heteroatoms. The summed E-state index contributed by atoms with van der Waals surface area (Å²) < 4.78 is 16.6. The number of nitrogens with zero attached hydrogens (tertiary/aromatic N) is 1. The second-order valence-corrected chi connectivity index (χ2v) is 8.59. The van der Waals surface area contributed by atoms with E-state index in [9.17, 15) is 9.59 Å². The highest BCUT2D eigenvalue weighted by Gasteiger charge is 2.38. The van der Waals surface area contributed by atoms with Crippen molar-refractivity contribution < 1.29 is 23.8 Å². The molecule has 1 aliphatic rings. The molecule has 1 heterocycles. The molecule has 2 aromatic carbocycles. The number of ether oxygens (including phenoxy) is 3. The van der Waals surface area contributed by atoms with Crippen LogP contribution in [0.1, 0.15) is 39.2 Å². The van der Waals surface area contributed by atoms with Crippen LogP contribution < -0.4 is 14.8 Å². The minimum Gasteiger partial charge on any atom is -0.494 e. The third-order valence-electron chi connectivity index (χ3n) is 5.20. The summed E-state index contributed by atoms with van der Waals surface area (Å²) in [4.78, 5) is 27.9. The largest absolute Gasteiger partial charge is 0.494 e. The molecule has 0 saturated heterocycles. The van der Waals surface area contributed by atoms with Gasteiger partial charge in [0.05, 0.1) is 18.8 Å². The molecule has 2 aromatic rings. The van der Waals surface area contributed by atoms with E-state index in [2.05, 4.69) is 19.2 Å². The lowest BCUT2D eigenvalue weighted by molar-refractivity contribution is -0.137. The van der Waals surface area contributed by atoms with Crippen LogP contribution in [0.15, 0.2) is 54.2 Å². The van der Waals surface area contributed by atoms with Crippen molar-refractivity contribution in [2.24, 2.45) is 5.92 Å². The van der Waals surface area contributed by atoms with Crippen molar-refractivity contribution in [2.75, 3.05) is 38.8 Å². The van der Waals surface area contributed by atoms with E-state index in [1.54, 1.807) is 7.11 Å². The Hall–Kier alpha value is -3.32. The highest BCUT2D eigenvalue weighted by atomic mass is 16.5. The van der Waals surface area contributed by atoms with E-state index in [1.807, 2.05) is 55.5 Å². The fourth-order valence-corrected chi connectivity index (χ4v) is 3.54. The smallest absolute Gasteiger partial charge is 0.278 e. The first kappa shape index (κ1) is 25.3. The maximum atomic E-state index is 13.3. The van der Waals surface area contributed by atoms with Gasteiger partial charge in [0.2, 0.25) is 0 Å². The van der Waals surface area contributed by atoms with Crippen molar-refractivity contribution in [3.63, 3.8) is 0 Å². The van der Waals surface area contributed by atoms with Crippen LogP contribution in [0.4, 0.5) is 5.69 Å². The Labute approximate surface area is 201 Å². The monoisotopic (exact) mass is 466 g/mol. The number of benzene rings is 2. The van der Waals surface area contributed by atoms with Crippen molar-refractivity contribution in [3.8, 4) is 11.5 Å². The molecule has 0 bridgehead atoms. The molecule has 34 heavy (non-hydrogen) atoms. The predicted molar refractivity (Wildman–Crippen MR) is 133 cm³/mol. The van der Waals surface area contributed by atoms with E-state index in [0.29, 0.717) is 54.7 Å². The number of anilines is 1. The molecule has 0 aromatic heterocycles. The summed E-state index contributed by atoms with van der Waals surface area (Å²) in [6.45, 7) is 8.17. The van der Waals surface area contributed by atoms with E-state index in [0.717, 1.165) is 12.2 Å². The van der Waals surface area contributed by atoms with Crippen LogP contribution in [-0.4, -0.2) is 50.2 Å². The van der Waals surface area contributed by atoms with E-state index < -0.39 is 0 Å². The number of imide groups is 1. The van der Waals surface area contributed by atoms with Crippen LogP contribution in [0.5, 0.6) is 11.5 Å². The molecule has 0 saturated carbocycles. The predicted octanol–water partition coefficient (Wildman–Crippen LogP) is 4.74. The maximum Gasteiger partial charge on any atom is 0.278 e. The number of nitrogens with one attached hydrogen (secondary N) is 1. The van der Waals surface area contributed by atoms with Crippen LogP contribution in [-0.2, 0) is 14.3 Å². The van der Waals surface area contributed by atoms with E-state index in [1.165, 1.54) is 4.90 Å². The van der Waals surface area contributed by atoms with E-state index in [-0.39, 0.29) is 24.1 Å². The normalized spacial score (nSPS) is 13.7. The van der Waals surface area contributed by atoms with Gasteiger partial charge in [-0.2, -0.15) is 0 Å². The van der Waals surface area contributed by atoms with Gasteiger partial charge in [-0.3, -0.25) is 14.5 Å². The summed E-state index contributed by atoms with van der Waals surface area (Å²) in [6.07, 6.45) is 1.46. The SMILES string of the molecule is CCCOc1cccc(NC2=C(c3ccc(OCC(C)C)cc3)C(=O)N(CCCOC)C2=O)c1. The van der Waals surface area contributed by atoms with Gasteiger partial charge < -0.3 is 19.5 Å². The van der Waals surface area contributed by atoms with Gasteiger partial charge in [0.15, 0.2) is 0 Å². The Bertz CT molecular complexity index is 1010. The molecule has 3 rings (SSSR count). The number of carbonyl (C=O) groups is 2. The average Bonchev–Trinajstić information content (AvgIpc) is 3.06. The fourth-order valence-electron chi connectivity index (χ4n) is 3.54. The Balaban J connectivity index is 1.91. The van der Waals surface area contributed by atoms with Crippen molar-refractivity contribution in [1.82, 2.24) is 4.90 Å². The van der Waals surface area contributed by atoms with Crippen LogP contribution in [0.2, 0.25) is 0 Å². The molecular weight excluding hydrogens is 432 g/mol. The van der Waals surface area contributed by atoms with Crippen molar-refractivity contribution in [2.45, 2.75) is 33.6 Å². The van der Waals surface area contributed by atoms with E-state index >= 15 is 0 Å². The molecule has 0 atom stereocenters. The topological polar surface area (TPSA) is 77.1 Å². The Morgan fingerprint density at radius 1 is 0.941 bits per heavy atom. The molecule has 2 amide bonds. The van der Waals surface area contributed by atoms with Crippen LogP contribution in [0.3, 0.4) is 0 Å². The van der Waals surface area contributed by atoms with Gasteiger partial charge in [-0.15, -0.1) is 0 Å². The summed E-state index contributed by atoms with van der Waals surface area (Å²) in [5.41, 5.74) is 1.94. The molecule has 0 spiro atoms. The quantitative estimate of drug-likeness (QED) is 0.339. The number of hydrogen-bond acceptors (Lipinski definition) is 6. The minimum absolute atomic E-state index is 0.255. The van der Waals surface area contributed by atoms with Crippen LogP contribution >= 0.6 is 0 Å². The number of carbonyl (C=O) groups excluding carboxylic acids is 2. The Kier molecular flexibility index (Phi) is 9.10. The molecule has 0 unspecified atom stereocenters. The highest BCUT2D eigenvalue weighted by Crippen LogP contribution is 2.32. The Morgan fingerprint density at radius 2 is 1.71 bits per heavy atom. The first-order valence-electron chi connectivity index (χ1n) is 11.8. The molecule has 182 valence electrons. The zero-order valence-corrected chi connectivity index (χ0v) is 20.4. The zero-order chi connectivity index (χ0) is 24.5. The second kappa shape index (κ2) is 12.2. The third-order valence-corrected chi connectivity index (χ3v) is 5.20. The lowest BCUT2D eigenvalue weighted by Crippen LogP contribution is -2.33. The van der Waals surface area contributed by atoms with Gasteiger partial charge >= 0.3 is 0 Å². The van der Waals surface area contributed by atoms with Gasteiger partial charge in [-0.05, 0) is 48.6 Å². The zero-order valence-electron chi connectivity index (χ0n) is 20.4. The average molecular weight is 467 g/mol. The fraction of sp³-hybridized carbons (Fsp3) is 0.407. The minimum atomic E-state index is -0.351. The van der Waals surface area contributed by atoms with Gasteiger partial charge in [0.1, 0.15) is 17.2 Å². The second-order valence-electron chi connectivity index (χ2n) is 8.59. The van der Waals surface area contributed by atoms with Crippen molar-refractivity contribution >= 4 is 23.1 Å². The maximum absolute atomic E-state index is 13.3. The van der Waals surface area contributed by atoms with Gasteiger partial charge in [0.25, 0.3) is 11.8 Å². The number of hydrogen-bond donors (Lipinski definition) is 1. The summed E-state index contributed by atoms with van der Waals surface area (Å²) in [5, 5.41) is 3.19. The highest BCUT2D eigenvalue weighted by molar-refractivity contribution is 6.36. The standard InChI is InChI=1S/C27H34N2O5/c1-5-15-33-23-9-6-8-21(17-23)28-25-24(26(30)29(27(25)31)14-7-16-32-4)20-10-12-22(13-11-20)34-18-19(2)3/h6,8-13,17,19,28H,5,7,14-16,18H2,1-4H3. The molecular formula is C27H34N2O5. The number of amides is 2. The third kappa shape index (κ3) is 6.38. The summed E-state index contributed by atoms with van der Waals surface area (Å²) in [5.74, 6) is 1.16. The first-order valence-corrected chi connectivity index (χ1v) is 11.8. The Morgan fingerprint density at radius 3 is 2.38 bits per heavy atom. The number of rotatable bonds is 13. The van der Waals surface area contributed by atoms with Gasteiger partial charge in [0, 0.05) is 32.0 Å². The molecule has 1 N–H and O–H groups in total.